The van der Waals surface area contributed by atoms with Crippen molar-refractivity contribution in [3.05, 3.63) is 64.7 Å². The molecule has 0 aliphatic carbocycles. The Morgan fingerprint density at radius 2 is 1.86 bits per heavy atom. The lowest BCUT2D eigenvalue weighted by Gasteiger charge is -2.11. The van der Waals surface area contributed by atoms with Crippen LogP contribution in [0.1, 0.15) is 18.1 Å². The van der Waals surface area contributed by atoms with Gasteiger partial charge in [-0.2, -0.15) is 0 Å². The van der Waals surface area contributed by atoms with Crippen LogP contribution in [0.25, 0.3) is 6.08 Å². The van der Waals surface area contributed by atoms with E-state index in [9.17, 15) is 4.79 Å². The first-order chi connectivity index (χ1) is 10.6. The predicted molar refractivity (Wildman–Crippen MR) is 88.5 cm³/mol. The molecule has 0 atom stereocenters. The Balaban J connectivity index is 2.10. The third-order valence-corrected chi connectivity index (χ3v) is 3.26. The number of halogens is 1. The summed E-state index contributed by atoms with van der Waals surface area (Å²) in [4.78, 5) is 11.0. The van der Waals surface area contributed by atoms with Crippen LogP contribution in [-0.4, -0.2) is 12.9 Å². The molecule has 2 aromatic rings. The van der Waals surface area contributed by atoms with Crippen LogP contribution in [0.3, 0.4) is 0 Å². The normalized spacial score (nSPS) is 10.7. The predicted octanol–water partition coefficient (Wildman–Crippen LogP) is 4.53. The molecule has 0 amide bonds. The van der Waals surface area contributed by atoms with E-state index in [4.69, 9.17) is 21.1 Å². The SMILES string of the molecule is COc1cc(/C=C/C(C)=O)ccc1OCc1ccc(Cl)cc1. The molecule has 0 aromatic heterocycles. The Bertz CT molecular complexity index is 675. The molecular formula is C18H17ClO3. The number of ketones is 1. The first-order valence-corrected chi connectivity index (χ1v) is 7.20. The summed E-state index contributed by atoms with van der Waals surface area (Å²) < 4.78 is 11.1. The standard InChI is InChI=1S/C18H17ClO3/c1-13(20)3-4-14-7-10-17(18(11-14)21-2)22-12-15-5-8-16(19)9-6-15/h3-11H,12H2,1-2H3/b4-3+. The Morgan fingerprint density at radius 1 is 1.14 bits per heavy atom. The van der Waals surface area contributed by atoms with E-state index >= 15 is 0 Å². The van der Waals surface area contributed by atoms with Crippen molar-refractivity contribution in [2.75, 3.05) is 7.11 Å². The van der Waals surface area contributed by atoms with Crippen molar-refractivity contribution in [3.63, 3.8) is 0 Å². The number of rotatable bonds is 6. The molecule has 22 heavy (non-hydrogen) atoms. The molecule has 0 unspecified atom stereocenters. The van der Waals surface area contributed by atoms with Crippen LogP contribution in [0.15, 0.2) is 48.5 Å². The van der Waals surface area contributed by atoms with Gasteiger partial charge in [-0.1, -0.05) is 35.9 Å². The van der Waals surface area contributed by atoms with E-state index in [1.54, 1.807) is 13.2 Å². The van der Waals surface area contributed by atoms with Gasteiger partial charge in [0, 0.05) is 5.02 Å². The summed E-state index contributed by atoms with van der Waals surface area (Å²) in [6.45, 7) is 1.94. The van der Waals surface area contributed by atoms with Crippen LogP contribution in [0.4, 0.5) is 0 Å². The number of carbonyl (C=O) groups excluding carboxylic acids is 1. The van der Waals surface area contributed by atoms with Gasteiger partial charge >= 0.3 is 0 Å². The molecule has 0 saturated heterocycles. The molecule has 0 saturated carbocycles. The van der Waals surface area contributed by atoms with Crippen LogP contribution in [0.5, 0.6) is 11.5 Å². The van der Waals surface area contributed by atoms with Crippen LogP contribution >= 0.6 is 11.6 Å². The largest absolute Gasteiger partial charge is 0.493 e. The molecule has 0 fully saturated rings. The maximum Gasteiger partial charge on any atom is 0.161 e. The highest BCUT2D eigenvalue weighted by molar-refractivity contribution is 6.30. The summed E-state index contributed by atoms with van der Waals surface area (Å²) in [7, 11) is 1.59. The fourth-order valence-corrected chi connectivity index (χ4v) is 1.99. The van der Waals surface area contributed by atoms with E-state index in [1.165, 1.54) is 13.0 Å². The van der Waals surface area contributed by atoms with E-state index in [1.807, 2.05) is 42.5 Å². The minimum absolute atomic E-state index is 0.00188. The molecule has 3 nitrogen and oxygen atoms in total. The van der Waals surface area contributed by atoms with E-state index in [2.05, 4.69) is 0 Å². The van der Waals surface area contributed by atoms with Crippen LogP contribution in [0, 0.1) is 0 Å². The second-order valence-electron chi connectivity index (χ2n) is 4.77. The average molecular weight is 317 g/mol. The summed E-state index contributed by atoms with van der Waals surface area (Å²) in [6.07, 6.45) is 3.26. The van der Waals surface area contributed by atoms with Crippen molar-refractivity contribution >= 4 is 23.5 Å². The number of benzene rings is 2. The van der Waals surface area contributed by atoms with E-state index in [0.717, 1.165) is 11.1 Å². The molecule has 0 N–H and O–H groups in total. The molecule has 0 heterocycles. The number of allylic oxidation sites excluding steroid dienone is 1. The maximum absolute atomic E-state index is 11.0. The fourth-order valence-electron chi connectivity index (χ4n) is 1.86. The number of ether oxygens (including phenoxy) is 2. The van der Waals surface area contributed by atoms with E-state index < -0.39 is 0 Å². The minimum Gasteiger partial charge on any atom is -0.493 e. The average Bonchev–Trinajstić information content (AvgIpc) is 2.52. The van der Waals surface area contributed by atoms with Crippen LogP contribution in [0.2, 0.25) is 5.02 Å². The van der Waals surface area contributed by atoms with E-state index in [0.29, 0.717) is 23.1 Å². The van der Waals surface area contributed by atoms with Gasteiger partial charge in [0.25, 0.3) is 0 Å². The van der Waals surface area contributed by atoms with E-state index in [-0.39, 0.29) is 5.78 Å². The Kier molecular flexibility index (Phi) is 5.61. The molecule has 0 aliphatic heterocycles. The zero-order valence-corrected chi connectivity index (χ0v) is 13.3. The fraction of sp³-hybridized carbons (Fsp3) is 0.167. The highest BCUT2D eigenvalue weighted by Crippen LogP contribution is 2.29. The van der Waals surface area contributed by atoms with Gasteiger partial charge in [-0.3, -0.25) is 4.79 Å². The lowest BCUT2D eigenvalue weighted by atomic mass is 10.1. The molecular weight excluding hydrogens is 300 g/mol. The van der Waals surface area contributed by atoms with Gasteiger partial charge in [0.05, 0.1) is 7.11 Å². The van der Waals surface area contributed by atoms with Gasteiger partial charge < -0.3 is 9.47 Å². The Morgan fingerprint density at radius 3 is 2.50 bits per heavy atom. The number of hydrogen-bond donors (Lipinski definition) is 0. The highest BCUT2D eigenvalue weighted by atomic mass is 35.5. The third kappa shape index (κ3) is 4.64. The van der Waals surface area contributed by atoms with Gasteiger partial charge in [-0.05, 0) is 48.4 Å². The zero-order chi connectivity index (χ0) is 15.9. The quantitative estimate of drug-likeness (QED) is 0.734. The first-order valence-electron chi connectivity index (χ1n) is 6.82. The Hall–Kier alpha value is -2.26. The van der Waals surface area contributed by atoms with Gasteiger partial charge in [0.2, 0.25) is 0 Å². The second kappa shape index (κ2) is 7.66. The maximum atomic E-state index is 11.0. The molecule has 4 heteroatoms. The molecule has 0 spiro atoms. The van der Waals surface area contributed by atoms with Crippen LogP contribution < -0.4 is 9.47 Å². The van der Waals surface area contributed by atoms with Crippen molar-refractivity contribution in [1.82, 2.24) is 0 Å². The lowest BCUT2D eigenvalue weighted by Crippen LogP contribution is -1.97. The number of hydrogen-bond acceptors (Lipinski definition) is 3. The monoisotopic (exact) mass is 316 g/mol. The molecule has 2 aromatic carbocycles. The topological polar surface area (TPSA) is 35.5 Å². The van der Waals surface area contributed by atoms with Crippen molar-refractivity contribution in [2.24, 2.45) is 0 Å². The summed E-state index contributed by atoms with van der Waals surface area (Å²) in [5.41, 5.74) is 1.90. The summed E-state index contributed by atoms with van der Waals surface area (Å²) in [6, 6.07) is 13.0. The zero-order valence-electron chi connectivity index (χ0n) is 12.5. The van der Waals surface area contributed by atoms with Gasteiger partial charge in [0.1, 0.15) is 6.61 Å². The number of carbonyl (C=O) groups is 1. The second-order valence-corrected chi connectivity index (χ2v) is 5.21. The van der Waals surface area contributed by atoms with Crippen molar-refractivity contribution in [1.29, 1.82) is 0 Å². The molecule has 0 radical (unpaired) electrons. The highest BCUT2D eigenvalue weighted by Gasteiger charge is 2.05. The smallest absolute Gasteiger partial charge is 0.161 e. The van der Waals surface area contributed by atoms with Gasteiger partial charge in [-0.25, -0.2) is 0 Å². The molecule has 2 rings (SSSR count). The van der Waals surface area contributed by atoms with Crippen molar-refractivity contribution in [3.8, 4) is 11.5 Å². The minimum atomic E-state index is 0.00188. The first kappa shape index (κ1) is 16.1. The van der Waals surface area contributed by atoms with Crippen LogP contribution in [-0.2, 0) is 11.4 Å². The summed E-state index contributed by atoms with van der Waals surface area (Å²) in [5.74, 6) is 1.28. The Labute approximate surface area is 135 Å². The molecule has 114 valence electrons. The molecule has 0 bridgehead atoms. The molecule has 0 aliphatic rings. The van der Waals surface area contributed by atoms with Gasteiger partial charge in [0.15, 0.2) is 17.3 Å². The number of methoxy groups -OCH3 is 1. The third-order valence-electron chi connectivity index (χ3n) is 3.01. The van der Waals surface area contributed by atoms with Crippen molar-refractivity contribution < 1.29 is 14.3 Å². The summed E-state index contributed by atoms with van der Waals surface area (Å²) >= 11 is 5.85. The van der Waals surface area contributed by atoms with Crippen molar-refractivity contribution in [2.45, 2.75) is 13.5 Å². The summed E-state index contributed by atoms with van der Waals surface area (Å²) in [5, 5.41) is 0.697. The van der Waals surface area contributed by atoms with Gasteiger partial charge in [-0.15, -0.1) is 0 Å². The lowest BCUT2D eigenvalue weighted by molar-refractivity contribution is -0.112.